The first-order valence-corrected chi connectivity index (χ1v) is 20.5. The fourth-order valence-corrected chi connectivity index (χ4v) is 9.20. The molecule has 3 saturated heterocycles. The normalized spacial score (nSPS) is 20.8. The Labute approximate surface area is 336 Å². The van der Waals surface area contributed by atoms with Crippen molar-refractivity contribution >= 4 is 40.1 Å². The number of H-pyrrole nitrogens is 1. The summed E-state index contributed by atoms with van der Waals surface area (Å²) in [5.41, 5.74) is 5.26. The van der Waals surface area contributed by atoms with Crippen molar-refractivity contribution < 1.29 is 28.7 Å². The van der Waals surface area contributed by atoms with Gasteiger partial charge in [-0.3, -0.25) is 44.1 Å². The first-order valence-electron chi connectivity index (χ1n) is 20.5. The Morgan fingerprint density at radius 3 is 2.16 bits per heavy atom. The number of piperidine rings is 2. The third-order valence-electron chi connectivity index (χ3n) is 12.8. The molecule has 1 aliphatic carbocycles. The van der Waals surface area contributed by atoms with Crippen LogP contribution >= 0.6 is 0 Å². The number of imide groups is 2. The Morgan fingerprint density at radius 2 is 1.47 bits per heavy atom. The number of nitrogens with zero attached hydrogens (tertiary/aromatic N) is 5. The molecule has 14 heteroatoms. The molecule has 58 heavy (non-hydrogen) atoms. The van der Waals surface area contributed by atoms with Gasteiger partial charge in [-0.15, -0.1) is 0 Å². The lowest BCUT2D eigenvalue weighted by Gasteiger charge is -2.37. The van der Waals surface area contributed by atoms with Crippen molar-refractivity contribution in [1.29, 1.82) is 0 Å². The van der Waals surface area contributed by atoms with Crippen molar-refractivity contribution in [3.05, 3.63) is 81.5 Å². The molecule has 4 aromatic rings. The van der Waals surface area contributed by atoms with Gasteiger partial charge in [0.15, 0.2) is 0 Å². The van der Waals surface area contributed by atoms with Crippen molar-refractivity contribution in [3.63, 3.8) is 0 Å². The second-order valence-corrected chi connectivity index (χ2v) is 16.3. The number of carbonyl (C=O) groups excluding carboxylic acids is 4. The van der Waals surface area contributed by atoms with Gasteiger partial charge >= 0.3 is 0 Å². The number of hydrogen-bond donors (Lipinski definition) is 2. The number of fused-ring (bicyclic) bond motifs is 2. The van der Waals surface area contributed by atoms with Crippen molar-refractivity contribution in [2.75, 3.05) is 64.9 Å². The van der Waals surface area contributed by atoms with Crippen LogP contribution in [-0.4, -0.2) is 114 Å². The average Bonchev–Trinajstić information content (AvgIpc) is 4.07. The van der Waals surface area contributed by atoms with Gasteiger partial charge in [-0.25, -0.2) is 0 Å². The molecule has 4 aliphatic heterocycles. The van der Waals surface area contributed by atoms with Gasteiger partial charge in [0.2, 0.25) is 11.8 Å². The summed E-state index contributed by atoms with van der Waals surface area (Å²) in [5.74, 6) is 0.657. The molecule has 0 spiro atoms. The standard InChI is InChI=1S/C44H49N7O7/c1-57-38-19-28(33-23-46-41(53)34-24-45-36(22-31(33)34)27-3-4-27)20-39(58-2)35(38)25-49-17-15-48(16-18-49)12-9-26-10-13-50(14-11-26)29-5-6-30-32(21-29)44(56)51(43(30)55)37-7-8-40(52)47-42(37)54/h5-6,19-24,26-27,37H,3-4,7-18,25H2,1-2H3,(H,46,53)(H,47,52,54). The van der Waals surface area contributed by atoms with Crippen LogP contribution in [0.1, 0.15) is 82.8 Å². The third-order valence-corrected chi connectivity index (χ3v) is 12.8. The summed E-state index contributed by atoms with van der Waals surface area (Å²) in [4.78, 5) is 79.1. The van der Waals surface area contributed by atoms with E-state index in [1.165, 1.54) is 0 Å². The summed E-state index contributed by atoms with van der Waals surface area (Å²) in [5, 5.41) is 3.71. The van der Waals surface area contributed by atoms with Crippen molar-refractivity contribution in [1.82, 2.24) is 30.0 Å². The number of aromatic nitrogens is 2. The first-order chi connectivity index (χ1) is 28.2. The van der Waals surface area contributed by atoms with Gasteiger partial charge in [-0.2, -0.15) is 0 Å². The van der Waals surface area contributed by atoms with Gasteiger partial charge in [-0.05, 0) is 98.3 Å². The second kappa shape index (κ2) is 15.6. The molecule has 2 aromatic carbocycles. The van der Waals surface area contributed by atoms with E-state index in [2.05, 4.69) is 36.1 Å². The highest BCUT2D eigenvalue weighted by Crippen LogP contribution is 2.42. The number of rotatable bonds is 11. The number of nitrogens with one attached hydrogen (secondary N) is 2. The Bertz CT molecular complexity index is 2330. The molecule has 2 aromatic heterocycles. The molecule has 14 nitrogen and oxygen atoms in total. The van der Waals surface area contributed by atoms with E-state index in [0.29, 0.717) is 34.9 Å². The van der Waals surface area contributed by atoms with E-state index in [0.717, 1.165) is 128 Å². The lowest BCUT2D eigenvalue weighted by molar-refractivity contribution is -0.136. The molecule has 2 N–H and O–H groups in total. The number of amides is 4. The summed E-state index contributed by atoms with van der Waals surface area (Å²) >= 11 is 0. The number of pyridine rings is 2. The van der Waals surface area contributed by atoms with Gasteiger partial charge in [0, 0.05) is 87.5 Å². The van der Waals surface area contributed by atoms with Crippen LogP contribution in [0.5, 0.6) is 11.5 Å². The van der Waals surface area contributed by atoms with Gasteiger partial charge in [-0.1, -0.05) is 0 Å². The van der Waals surface area contributed by atoms with Crippen LogP contribution in [0.15, 0.2) is 53.6 Å². The Balaban J connectivity index is 0.778. The molecular formula is C44H49N7O7. The maximum absolute atomic E-state index is 13.3. The molecule has 9 rings (SSSR count). The number of piperazine rings is 1. The van der Waals surface area contributed by atoms with E-state index >= 15 is 0 Å². The monoisotopic (exact) mass is 787 g/mol. The predicted molar refractivity (Wildman–Crippen MR) is 217 cm³/mol. The quantitative estimate of drug-likeness (QED) is 0.209. The maximum atomic E-state index is 13.3. The lowest BCUT2D eigenvalue weighted by Crippen LogP contribution is -2.54. The second-order valence-electron chi connectivity index (χ2n) is 16.3. The smallest absolute Gasteiger partial charge is 0.262 e. The average molecular weight is 788 g/mol. The van der Waals surface area contributed by atoms with E-state index in [1.807, 2.05) is 18.2 Å². The number of hydrogen-bond acceptors (Lipinski definition) is 11. The van der Waals surface area contributed by atoms with Crippen molar-refractivity contribution in [2.45, 2.75) is 63.5 Å². The van der Waals surface area contributed by atoms with Crippen LogP contribution in [0, 0.1) is 5.92 Å². The summed E-state index contributed by atoms with van der Waals surface area (Å²) in [6, 6.07) is 10.6. The van der Waals surface area contributed by atoms with Crippen LogP contribution in [0.25, 0.3) is 21.9 Å². The number of benzene rings is 2. The van der Waals surface area contributed by atoms with Crippen molar-refractivity contribution in [3.8, 4) is 22.6 Å². The van der Waals surface area contributed by atoms with E-state index in [1.54, 1.807) is 38.7 Å². The SMILES string of the molecule is COc1cc(-c2c[nH]c(=O)c3cnc(C4CC4)cc23)cc(OC)c1CN1CCN(CCC2CCN(c3ccc4c(c3)C(=O)N(C3CCC(=O)NC3=O)C4=O)CC2)CC1. The van der Waals surface area contributed by atoms with Crippen LogP contribution in [0.4, 0.5) is 5.69 Å². The zero-order chi connectivity index (χ0) is 40.1. The minimum atomic E-state index is -0.965. The topological polar surface area (TPSA) is 157 Å². The molecular weight excluding hydrogens is 739 g/mol. The highest BCUT2D eigenvalue weighted by atomic mass is 16.5. The third kappa shape index (κ3) is 7.23. The lowest BCUT2D eigenvalue weighted by atomic mass is 9.92. The van der Waals surface area contributed by atoms with Gasteiger partial charge in [0.25, 0.3) is 17.4 Å². The van der Waals surface area contributed by atoms with E-state index in [9.17, 15) is 24.0 Å². The van der Waals surface area contributed by atoms with Crippen LogP contribution in [0.2, 0.25) is 0 Å². The van der Waals surface area contributed by atoms with Gasteiger partial charge < -0.3 is 24.3 Å². The molecule has 1 saturated carbocycles. The summed E-state index contributed by atoms with van der Waals surface area (Å²) in [6.07, 6.45) is 9.22. The fraction of sp³-hybridized carbons (Fsp3) is 0.455. The number of ether oxygens (including phenoxy) is 2. The summed E-state index contributed by atoms with van der Waals surface area (Å²) in [6.45, 7) is 7.35. The Morgan fingerprint density at radius 1 is 0.759 bits per heavy atom. The molecule has 6 heterocycles. The maximum Gasteiger partial charge on any atom is 0.262 e. The molecule has 4 amide bonds. The summed E-state index contributed by atoms with van der Waals surface area (Å²) < 4.78 is 11.9. The fourth-order valence-electron chi connectivity index (χ4n) is 9.20. The van der Waals surface area contributed by atoms with E-state index in [-0.39, 0.29) is 24.3 Å². The van der Waals surface area contributed by atoms with E-state index < -0.39 is 23.8 Å². The van der Waals surface area contributed by atoms with E-state index in [4.69, 9.17) is 9.47 Å². The number of carbonyl (C=O) groups is 4. The largest absolute Gasteiger partial charge is 0.496 e. The molecule has 1 unspecified atom stereocenters. The number of anilines is 1. The molecule has 0 radical (unpaired) electrons. The first kappa shape index (κ1) is 37.9. The van der Waals surface area contributed by atoms with Crippen LogP contribution in [0.3, 0.4) is 0 Å². The molecule has 4 fully saturated rings. The molecule has 1 atom stereocenters. The molecule has 0 bridgehead atoms. The Hall–Kier alpha value is -5.60. The zero-order valence-corrected chi connectivity index (χ0v) is 33.1. The highest BCUT2D eigenvalue weighted by molar-refractivity contribution is 6.23. The number of aromatic amines is 1. The van der Waals surface area contributed by atoms with Gasteiger partial charge in [0.05, 0.1) is 36.3 Å². The van der Waals surface area contributed by atoms with Gasteiger partial charge in [0.1, 0.15) is 17.5 Å². The van der Waals surface area contributed by atoms with Crippen LogP contribution in [-0.2, 0) is 16.1 Å². The Kier molecular flexibility index (Phi) is 10.2. The van der Waals surface area contributed by atoms with Crippen molar-refractivity contribution in [2.24, 2.45) is 5.92 Å². The summed E-state index contributed by atoms with van der Waals surface area (Å²) in [7, 11) is 3.39. The minimum absolute atomic E-state index is 0.0978. The zero-order valence-electron chi connectivity index (χ0n) is 33.1. The molecule has 5 aliphatic rings. The predicted octanol–water partition coefficient (Wildman–Crippen LogP) is 4.31. The number of methoxy groups -OCH3 is 2. The van der Waals surface area contributed by atoms with Crippen LogP contribution < -0.4 is 25.2 Å². The highest BCUT2D eigenvalue weighted by Gasteiger charge is 2.45. The minimum Gasteiger partial charge on any atom is -0.496 e. The molecule has 302 valence electrons.